The number of amides is 1. The summed E-state index contributed by atoms with van der Waals surface area (Å²) in [5.74, 6) is 0.0853. The lowest BCUT2D eigenvalue weighted by molar-refractivity contribution is -0.137. The summed E-state index contributed by atoms with van der Waals surface area (Å²) in [5.41, 5.74) is -0.163. The van der Waals surface area contributed by atoms with Crippen LogP contribution in [-0.2, 0) is 21.0 Å². The summed E-state index contributed by atoms with van der Waals surface area (Å²) in [7, 11) is -4.19. The van der Waals surface area contributed by atoms with Crippen LogP contribution in [-0.4, -0.2) is 20.4 Å². The van der Waals surface area contributed by atoms with Crippen molar-refractivity contribution in [2.24, 2.45) is 0 Å². The van der Waals surface area contributed by atoms with E-state index in [1.807, 2.05) is 13.0 Å². The van der Waals surface area contributed by atoms with Gasteiger partial charge in [-0.15, -0.1) is 0 Å². The van der Waals surface area contributed by atoms with Crippen LogP contribution in [0.5, 0.6) is 5.75 Å². The average Bonchev–Trinajstić information content (AvgIpc) is 2.74. The quantitative estimate of drug-likeness (QED) is 0.414. The van der Waals surface area contributed by atoms with Crippen LogP contribution < -0.4 is 14.8 Å². The van der Waals surface area contributed by atoms with E-state index < -0.39 is 38.8 Å². The third kappa shape index (κ3) is 6.42. The molecule has 0 aliphatic heterocycles. The summed E-state index contributed by atoms with van der Waals surface area (Å²) in [4.78, 5) is 12.2. The fraction of sp³-hybridized carbons (Fsp3) is 0.174. The fourth-order valence-corrected chi connectivity index (χ4v) is 4.20. The summed E-state index contributed by atoms with van der Waals surface area (Å²) in [5, 5.41) is 2.07. The second kappa shape index (κ2) is 9.94. The van der Waals surface area contributed by atoms with Crippen LogP contribution in [0.25, 0.3) is 0 Å². The number of hydrogen-bond acceptors (Lipinski definition) is 4. The Kier molecular flexibility index (Phi) is 7.42. The van der Waals surface area contributed by atoms with Crippen molar-refractivity contribution in [2.75, 3.05) is 10.0 Å². The van der Waals surface area contributed by atoms with Gasteiger partial charge in [0, 0.05) is 11.4 Å². The van der Waals surface area contributed by atoms with Gasteiger partial charge in [-0.1, -0.05) is 23.7 Å². The van der Waals surface area contributed by atoms with Crippen LogP contribution in [0.4, 0.5) is 24.5 Å². The van der Waals surface area contributed by atoms with Gasteiger partial charge in [0.15, 0.2) is 6.10 Å². The number of ether oxygens (including phenoxy) is 1. The molecule has 6 nitrogen and oxygen atoms in total. The van der Waals surface area contributed by atoms with E-state index in [-0.39, 0.29) is 10.6 Å². The van der Waals surface area contributed by atoms with E-state index in [1.165, 1.54) is 24.3 Å². The number of benzene rings is 3. The van der Waals surface area contributed by atoms with E-state index in [2.05, 4.69) is 10.0 Å². The molecule has 0 fully saturated rings. The van der Waals surface area contributed by atoms with Crippen molar-refractivity contribution in [3.05, 3.63) is 82.9 Å². The van der Waals surface area contributed by atoms with Gasteiger partial charge in [0.2, 0.25) is 0 Å². The second-order valence-electron chi connectivity index (χ2n) is 7.39. The number of sulfonamides is 1. The van der Waals surface area contributed by atoms with Gasteiger partial charge in [0.05, 0.1) is 15.5 Å². The first-order chi connectivity index (χ1) is 15.8. The van der Waals surface area contributed by atoms with Crippen molar-refractivity contribution in [1.29, 1.82) is 0 Å². The maximum Gasteiger partial charge on any atom is 0.417 e. The molecule has 0 spiro atoms. The molecular formula is C23H20ClF3N2O4S. The lowest BCUT2D eigenvalue weighted by Gasteiger charge is -2.15. The van der Waals surface area contributed by atoms with Crippen LogP contribution in [0.3, 0.4) is 0 Å². The standard InChI is InChI=1S/C23H20ClF3N2O4S/c1-14-4-3-5-18(12-14)33-15(2)22(30)28-16-6-9-19(10-7-16)34(31,32)29-17-8-11-21(24)20(13-17)23(25,26)27/h3-13,15,29H,1-2H3,(H,28,30). The monoisotopic (exact) mass is 512 g/mol. The van der Waals surface area contributed by atoms with Crippen LogP contribution >= 0.6 is 11.6 Å². The molecule has 0 radical (unpaired) electrons. The molecule has 1 atom stereocenters. The SMILES string of the molecule is Cc1cccc(OC(C)C(=O)Nc2ccc(S(=O)(=O)Nc3ccc(Cl)c(C(F)(F)F)c3)cc2)c1. The molecular weight excluding hydrogens is 493 g/mol. The lowest BCUT2D eigenvalue weighted by atomic mass is 10.2. The third-order valence-corrected chi connectivity index (χ3v) is 6.35. The molecule has 11 heteroatoms. The van der Waals surface area contributed by atoms with E-state index in [9.17, 15) is 26.4 Å². The van der Waals surface area contributed by atoms with Gasteiger partial charge in [-0.25, -0.2) is 8.42 Å². The van der Waals surface area contributed by atoms with Gasteiger partial charge in [-0.2, -0.15) is 13.2 Å². The van der Waals surface area contributed by atoms with E-state index in [0.29, 0.717) is 17.5 Å². The molecule has 180 valence electrons. The lowest BCUT2D eigenvalue weighted by Crippen LogP contribution is -2.30. The summed E-state index contributed by atoms with van der Waals surface area (Å²) in [6, 6.07) is 15.0. The van der Waals surface area contributed by atoms with Crippen LogP contribution in [0.2, 0.25) is 5.02 Å². The van der Waals surface area contributed by atoms with E-state index >= 15 is 0 Å². The maximum atomic E-state index is 13.0. The summed E-state index contributed by atoms with van der Waals surface area (Å²) >= 11 is 5.56. The maximum absolute atomic E-state index is 13.0. The Morgan fingerprint density at radius 1 is 1.00 bits per heavy atom. The van der Waals surface area contributed by atoms with E-state index in [4.69, 9.17) is 16.3 Å². The zero-order chi connectivity index (χ0) is 25.1. The van der Waals surface area contributed by atoms with Crippen molar-refractivity contribution in [3.63, 3.8) is 0 Å². The zero-order valence-electron chi connectivity index (χ0n) is 18.0. The van der Waals surface area contributed by atoms with Gasteiger partial charge in [-0.05, 0) is 74.0 Å². The van der Waals surface area contributed by atoms with Gasteiger partial charge >= 0.3 is 6.18 Å². The second-order valence-corrected chi connectivity index (χ2v) is 9.48. The van der Waals surface area contributed by atoms with Crippen molar-refractivity contribution in [2.45, 2.75) is 31.0 Å². The minimum Gasteiger partial charge on any atom is -0.481 e. The molecule has 0 aliphatic carbocycles. The van der Waals surface area contributed by atoms with E-state index in [0.717, 1.165) is 17.7 Å². The number of carbonyl (C=O) groups is 1. The topological polar surface area (TPSA) is 84.5 Å². The molecule has 1 unspecified atom stereocenters. The van der Waals surface area contributed by atoms with Crippen molar-refractivity contribution >= 4 is 38.9 Å². The number of alkyl halides is 3. The first kappa shape index (κ1) is 25.4. The number of aryl methyl sites for hydroxylation is 1. The highest BCUT2D eigenvalue weighted by Crippen LogP contribution is 2.36. The highest BCUT2D eigenvalue weighted by atomic mass is 35.5. The summed E-state index contributed by atoms with van der Waals surface area (Å²) in [6.45, 7) is 3.46. The molecule has 1 amide bonds. The molecule has 0 saturated carbocycles. The molecule has 3 aromatic carbocycles. The normalized spacial score (nSPS) is 12.6. The Morgan fingerprint density at radius 2 is 1.65 bits per heavy atom. The van der Waals surface area contributed by atoms with E-state index in [1.54, 1.807) is 25.1 Å². The molecule has 2 N–H and O–H groups in total. The molecule has 3 rings (SSSR count). The van der Waals surface area contributed by atoms with Gasteiger partial charge in [0.1, 0.15) is 5.75 Å². The molecule has 0 saturated heterocycles. The van der Waals surface area contributed by atoms with Crippen molar-refractivity contribution < 1.29 is 31.1 Å². The third-order valence-electron chi connectivity index (χ3n) is 4.63. The number of anilines is 2. The summed E-state index contributed by atoms with van der Waals surface area (Å²) in [6.07, 6.45) is -5.56. The largest absolute Gasteiger partial charge is 0.481 e. The van der Waals surface area contributed by atoms with Gasteiger partial charge in [0.25, 0.3) is 15.9 Å². The van der Waals surface area contributed by atoms with Gasteiger partial charge < -0.3 is 10.1 Å². The smallest absolute Gasteiger partial charge is 0.417 e. The first-order valence-corrected chi connectivity index (χ1v) is 11.7. The molecule has 0 aromatic heterocycles. The fourth-order valence-electron chi connectivity index (χ4n) is 2.93. The molecule has 0 bridgehead atoms. The molecule has 0 heterocycles. The minimum absolute atomic E-state index is 0.210. The van der Waals surface area contributed by atoms with Crippen molar-refractivity contribution in [3.8, 4) is 5.75 Å². The number of hydrogen-bond donors (Lipinski definition) is 2. The number of nitrogens with one attached hydrogen (secondary N) is 2. The Hall–Kier alpha value is -3.24. The van der Waals surface area contributed by atoms with Crippen LogP contribution in [0.1, 0.15) is 18.1 Å². The predicted molar refractivity (Wildman–Crippen MR) is 124 cm³/mol. The first-order valence-electron chi connectivity index (χ1n) is 9.89. The Balaban J connectivity index is 1.68. The number of carbonyl (C=O) groups excluding carboxylic acids is 1. The Morgan fingerprint density at radius 3 is 2.26 bits per heavy atom. The van der Waals surface area contributed by atoms with Crippen molar-refractivity contribution in [1.82, 2.24) is 0 Å². The van der Waals surface area contributed by atoms with Crippen LogP contribution in [0, 0.1) is 6.92 Å². The number of halogens is 4. The Labute approximate surface area is 199 Å². The Bertz CT molecular complexity index is 1300. The molecule has 3 aromatic rings. The summed E-state index contributed by atoms with van der Waals surface area (Å²) < 4.78 is 71.9. The highest BCUT2D eigenvalue weighted by molar-refractivity contribution is 7.92. The minimum atomic E-state index is -4.74. The average molecular weight is 513 g/mol. The zero-order valence-corrected chi connectivity index (χ0v) is 19.6. The molecule has 0 aliphatic rings. The van der Waals surface area contributed by atoms with Gasteiger partial charge in [-0.3, -0.25) is 9.52 Å². The van der Waals surface area contributed by atoms with Crippen LogP contribution in [0.15, 0.2) is 71.6 Å². The molecule has 34 heavy (non-hydrogen) atoms. The number of rotatable bonds is 7. The predicted octanol–water partition coefficient (Wildman–Crippen LogP) is 5.87. The highest BCUT2D eigenvalue weighted by Gasteiger charge is 2.33.